The SMILES string of the molecule is CCn1cnnc1SCC(=O)N(C)CC(=O)NC. The standard InChI is InChI=1S/C10H17N5O2S/c1-4-15-7-12-13-10(15)18-6-9(17)14(3)5-8(16)11-2/h7H,4-6H2,1-3H3,(H,11,16). The van der Waals surface area contributed by atoms with Crippen LogP contribution in [0.4, 0.5) is 0 Å². The molecular formula is C10H17N5O2S. The predicted molar refractivity (Wildman–Crippen MR) is 68.1 cm³/mol. The molecule has 0 spiro atoms. The van der Waals surface area contributed by atoms with Gasteiger partial charge in [-0.2, -0.15) is 0 Å². The van der Waals surface area contributed by atoms with Crippen molar-refractivity contribution < 1.29 is 9.59 Å². The lowest BCUT2D eigenvalue weighted by molar-refractivity contribution is -0.132. The zero-order valence-electron chi connectivity index (χ0n) is 10.7. The third kappa shape index (κ3) is 4.02. The fraction of sp³-hybridized carbons (Fsp3) is 0.600. The first-order valence-corrected chi connectivity index (χ1v) is 6.52. The molecule has 0 aliphatic carbocycles. The summed E-state index contributed by atoms with van der Waals surface area (Å²) in [6, 6.07) is 0. The second kappa shape index (κ2) is 7.00. The van der Waals surface area contributed by atoms with Gasteiger partial charge in [0, 0.05) is 20.6 Å². The minimum absolute atomic E-state index is 0.0658. The third-order valence-electron chi connectivity index (χ3n) is 2.33. The molecule has 0 aromatic carbocycles. The molecule has 0 aliphatic rings. The van der Waals surface area contributed by atoms with Crippen LogP contribution in [0.15, 0.2) is 11.5 Å². The van der Waals surface area contributed by atoms with Gasteiger partial charge in [-0.05, 0) is 6.92 Å². The van der Waals surface area contributed by atoms with Crippen LogP contribution in [0.25, 0.3) is 0 Å². The van der Waals surface area contributed by atoms with Gasteiger partial charge in [0.2, 0.25) is 11.8 Å². The smallest absolute Gasteiger partial charge is 0.239 e. The van der Waals surface area contributed by atoms with Crippen molar-refractivity contribution in [3.63, 3.8) is 0 Å². The largest absolute Gasteiger partial charge is 0.358 e. The molecule has 2 amide bonds. The molecule has 1 N–H and O–H groups in total. The normalized spacial score (nSPS) is 10.2. The van der Waals surface area contributed by atoms with Crippen LogP contribution in [0.2, 0.25) is 0 Å². The first kappa shape index (κ1) is 14.5. The van der Waals surface area contributed by atoms with Crippen molar-refractivity contribution in [2.24, 2.45) is 0 Å². The average molecular weight is 271 g/mol. The van der Waals surface area contributed by atoms with E-state index < -0.39 is 0 Å². The number of carbonyl (C=O) groups excluding carboxylic acids is 2. The summed E-state index contributed by atoms with van der Waals surface area (Å²) >= 11 is 1.32. The van der Waals surface area contributed by atoms with E-state index in [1.165, 1.54) is 16.7 Å². The topological polar surface area (TPSA) is 80.1 Å². The van der Waals surface area contributed by atoms with Crippen molar-refractivity contribution in [3.05, 3.63) is 6.33 Å². The minimum atomic E-state index is -0.187. The maximum atomic E-state index is 11.8. The summed E-state index contributed by atoms with van der Waals surface area (Å²) in [6.07, 6.45) is 1.63. The van der Waals surface area contributed by atoms with Crippen molar-refractivity contribution in [2.75, 3.05) is 26.4 Å². The molecule has 18 heavy (non-hydrogen) atoms. The summed E-state index contributed by atoms with van der Waals surface area (Å²) in [7, 11) is 3.14. The Bertz CT molecular complexity index is 420. The zero-order chi connectivity index (χ0) is 13.5. The van der Waals surface area contributed by atoms with E-state index in [4.69, 9.17) is 0 Å². The van der Waals surface area contributed by atoms with Crippen molar-refractivity contribution in [1.82, 2.24) is 25.0 Å². The van der Waals surface area contributed by atoms with Crippen molar-refractivity contribution in [2.45, 2.75) is 18.6 Å². The molecule has 0 unspecified atom stereocenters. The molecule has 7 nitrogen and oxygen atoms in total. The van der Waals surface area contributed by atoms with Gasteiger partial charge in [0.25, 0.3) is 0 Å². The summed E-state index contributed by atoms with van der Waals surface area (Å²) in [6.45, 7) is 2.81. The fourth-order valence-electron chi connectivity index (χ4n) is 1.19. The number of hydrogen-bond acceptors (Lipinski definition) is 5. The van der Waals surface area contributed by atoms with Gasteiger partial charge in [-0.1, -0.05) is 11.8 Å². The van der Waals surface area contributed by atoms with E-state index in [1.54, 1.807) is 20.4 Å². The van der Waals surface area contributed by atoms with E-state index in [0.717, 1.165) is 6.54 Å². The molecule has 0 aliphatic heterocycles. The molecule has 8 heteroatoms. The number of likely N-dealkylation sites (N-methyl/N-ethyl adjacent to an activating group) is 2. The van der Waals surface area contributed by atoms with Crippen LogP contribution in [0.1, 0.15) is 6.92 Å². The van der Waals surface area contributed by atoms with Crippen LogP contribution in [-0.4, -0.2) is 57.9 Å². The van der Waals surface area contributed by atoms with E-state index in [9.17, 15) is 9.59 Å². The Hall–Kier alpha value is -1.57. The Balaban J connectivity index is 2.43. The number of hydrogen-bond donors (Lipinski definition) is 1. The summed E-state index contributed by atoms with van der Waals surface area (Å²) in [4.78, 5) is 24.3. The van der Waals surface area contributed by atoms with Crippen LogP contribution in [0.5, 0.6) is 0 Å². The van der Waals surface area contributed by atoms with Crippen molar-refractivity contribution in [3.8, 4) is 0 Å². The van der Waals surface area contributed by atoms with E-state index >= 15 is 0 Å². The molecule has 0 radical (unpaired) electrons. The molecule has 0 bridgehead atoms. The van der Waals surface area contributed by atoms with Gasteiger partial charge in [0.1, 0.15) is 6.33 Å². The number of amides is 2. The Morgan fingerprint density at radius 1 is 1.56 bits per heavy atom. The number of carbonyl (C=O) groups is 2. The molecule has 1 rings (SSSR count). The summed E-state index contributed by atoms with van der Waals surface area (Å²) in [5.74, 6) is -0.0616. The third-order valence-corrected chi connectivity index (χ3v) is 3.30. The Labute approximate surface area is 110 Å². The minimum Gasteiger partial charge on any atom is -0.358 e. The lowest BCUT2D eigenvalue weighted by atomic mass is 10.5. The van der Waals surface area contributed by atoms with E-state index in [1.807, 2.05) is 11.5 Å². The highest BCUT2D eigenvalue weighted by atomic mass is 32.2. The number of thioether (sulfide) groups is 1. The summed E-state index contributed by atoms with van der Waals surface area (Å²) < 4.78 is 1.86. The van der Waals surface area contributed by atoms with E-state index in [2.05, 4.69) is 15.5 Å². The van der Waals surface area contributed by atoms with Gasteiger partial charge in [-0.3, -0.25) is 9.59 Å². The maximum Gasteiger partial charge on any atom is 0.239 e. The van der Waals surface area contributed by atoms with Crippen LogP contribution >= 0.6 is 11.8 Å². The molecule has 0 saturated heterocycles. The summed E-state index contributed by atoms with van der Waals surface area (Å²) in [5.41, 5.74) is 0. The van der Waals surface area contributed by atoms with Crippen LogP contribution in [0, 0.1) is 0 Å². The number of nitrogens with one attached hydrogen (secondary N) is 1. The molecule has 0 fully saturated rings. The molecule has 0 saturated carbocycles. The number of nitrogens with zero attached hydrogens (tertiary/aromatic N) is 4. The molecule has 1 heterocycles. The second-order valence-corrected chi connectivity index (χ2v) is 4.55. The highest BCUT2D eigenvalue weighted by Crippen LogP contribution is 2.14. The average Bonchev–Trinajstić information content (AvgIpc) is 2.82. The van der Waals surface area contributed by atoms with Crippen LogP contribution < -0.4 is 5.32 Å². The Morgan fingerprint density at radius 3 is 2.89 bits per heavy atom. The van der Waals surface area contributed by atoms with Gasteiger partial charge >= 0.3 is 0 Å². The van der Waals surface area contributed by atoms with E-state index in [-0.39, 0.29) is 24.1 Å². The predicted octanol–water partition coefficient (Wildman–Crippen LogP) is -0.405. The second-order valence-electron chi connectivity index (χ2n) is 3.61. The molecule has 0 atom stereocenters. The quantitative estimate of drug-likeness (QED) is 0.712. The van der Waals surface area contributed by atoms with Crippen LogP contribution in [-0.2, 0) is 16.1 Å². The highest BCUT2D eigenvalue weighted by molar-refractivity contribution is 7.99. The molecular weight excluding hydrogens is 254 g/mol. The first-order chi connectivity index (χ1) is 8.58. The van der Waals surface area contributed by atoms with Gasteiger partial charge in [-0.25, -0.2) is 0 Å². The number of rotatable bonds is 6. The highest BCUT2D eigenvalue weighted by Gasteiger charge is 2.14. The lowest BCUT2D eigenvalue weighted by Crippen LogP contribution is -2.37. The fourth-order valence-corrected chi connectivity index (χ4v) is 2.11. The van der Waals surface area contributed by atoms with Gasteiger partial charge in [-0.15, -0.1) is 10.2 Å². The maximum absolute atomic E-state index is 11.8. The molecule has 100 valence electrons. The molecule has 1 aromatic heterocycles. The van der Waals surface area contributed by atoms with Crippen molar-refractivity contribution in [1.29, 1.82) is 0 Å². The molecule has 1 aromatic rings. The van der Waals surface area contributed by atoms with Gasteiger partial charge in [0.05, 0.1) is 12.3 Å². The van der Waals surface area contributed by atoms with Gasteiger partial charge in [0.15, 0.2) is 5.16 Å². The van der Waals surface area contributed by atoms with E-state index in [0.29, 0.717) is 5.16 Å². The Morgan fingerprint density at radius 2 is 2.28 bits per heavy atom. The monoisotopic (exact) mass is 271 g/mol. The summed E-state index contributed by atoms with van der Waals surface area (Å²) in [5, 5.41) is 10.9. The van der Waals surface area contributed by atoms with Gasteiger partial charge < -0.3 is 14.8 Å². The zero-order valence-corrected chi connectivity index (χ0v) is 11.5. The van der Waals surface area contributed by atoms with Crippen molar-refractivity contribution >= 4 is 23.6 Å². The first-order valence-electron chi connectivity index (χ1n) is 5.53. The number of aryl methyl sites for hydroxylation is 1. The Kier molecular flexibility index (Phi) is 5.63. The lowest BCUT2D eigenvalue weighted by Gasteiger charge is -2.15. The number of aromatic nitrogens is 3. The van der Waals surface area contributed by atoms with Crippen LogP contribution in [0.3, 0.4) is 0 Å².